The summed E-state index contributed by atoms with van der Waals surface area (Å²) in [6.45, 7) is 3.17. The number of hydrogen-bond acceptors (Lipinski definition) is 3. The van der Waals surface area contributed by atoms with Gasteiger partial charge in [0.2, 0.25) is 0 Å². The molecule has 1 aliphatic heterocycles. The highest BCUT2D eigenvalue weighted by Gasteiger charge is 2.57. The second kappa shape index (κ2) is 4.69. The lowest BCUT2D eigenvalue weighted by Gasteiger charge is -2.55. The molecule has 0 unspecified atom stereocenters. The molecule has 4 fully saturated rings. The Kier molecular flexibility index (Phi) is 3.17. The number of aliphatic hydroxyl groups excluding tert-OH is 2. The van der Waals surface area contributed by atoms with Gasteiger partial charge in [0.25, 0.3) is 0 Å². The van der Waals surface area contributed by atoms with Crippen LogP contribution in [-0.2, 0) is 4.74 Å². The Morgan fingerprint density at radius 2 is 1.80 bits per heavy atom. The van der Waals surface area contributed by atoms with Crippen LogP contribution in [0.1, 0.15) is 51.9 Å². The fraction of sp³-hybridized carbons (Fsp3) is 1.00. The van der Waals surface area contributed by atoms with Gasteiger partial charge in [-0.3, -0.25) is 0 Å². The molecule has 0 bridgehead atoms. The van der Waals surface area contributed by atoms with E-state index in [1.165, 1.54) is 19.3 Å². The zero-order chi connectivity index (χ0) is 13.9. The van der Waals surface area contributed by atoms with Crippen LogP contribution in [0.15, 0.2) is 0 Å². The summed E-state index contributed by atoms with van der Waals surface area (Å²) in [4.78, 5) is 0. The molecule has 2 N–H and O–H groups in total. The van der Waals surface area contributed by atoms with E-state index in [-0.39, 0.29) is 17.6 Å². The van der Waals surface area contributed by atoms with Crippen LogP contribution in [0.25, 0.3) is 0 Å². The first-order chi connectivity index (χ1) is 9.59. The standard InChI is InChI=1S/C17H28O3/c1-17-7-6-11-12-3-2-10(18)8-15(12)20-9-13(11)14(17)4-5-16(17)19/h10-16,18-19H,2-9H2,1H3/t10-,11+,12+,13+,14-,15-,16-,17-/m0/s1. The van der Waals surface area contributed by atoms with Gasteiger partial charge < -0.3 is 14.9 Å². The van der Waals surface area contributed by atoms with E-state index in [9.17, 15) is 10.2 Å². The first-order valence-corrected chi connectivity index (χ1v) is 8.57. The summed E-state index contributed by atoms with van der Waals surface area (Å²) in [5, 5.41) is 20.2. The van der Waals surface area contributed by atoms with Crippen LogP contribution in [0.5, 0.6) is 0 Å². The quantitative estimate of drug-likeness (QED) is 0.716. The molecule has 0 radical (unpaired) electrons. The van der Waals surface area contributed by atoms with Crippen LogP contribution in [0, 0.1) is 29.1 Å². The van der Waals surface area contributed by atoms with Crippen molar-refractivity contribution in [2.24, 2.45) is 29.1 Å². The fourth-order valence-corrected chi connectivity index (χ4v) is 6.11. The van der Waals surface area contributed by atoms with Gasteiger partial charge in [0, 0.05) is 0 Å². The molecule has 0 aromatic rings. The monoisotopic (exact) mass is 280 g/mol. The summed E-state index contributed by atoms with van der Waals surface area (Å²) in [6, 6.07) is 0. The predicted octanol–water partition coefficient (Wildman–Crippen LogP) is 2.35. The topological polar surface area (TPSA) is 49.7 Å². The molecule has 8 atom stereocenters. The molecule has 0 amide bonds. The molecule has 114 valence electrons. The molecule has 20 heavy (non-hydrogen) atoms. The van der Waals surface area contributed by atoms with Crippen molar-refractivity contribution in [3.8, 4) is 0 Å². The van der Waals surface area contributed by atoms with E-state index < -0.39 is 0 Å². The van der Waals surface area contributed by atoms with Crippen molar-refractivity contribution in [2.45, 2.75) is 70.2 Å². The zero-order valence-electron chi connectivity index (χ0n) is 12.5. The minimum atomic E-state index is -0.144. The molecule has 0 aromatic heterocycles. The summed E-state index contributed by atoms with van der Waals surface area (Å²) in [5.74, 6) is 2.76. The van der Waals surface area contributed by atoms with Crippen molar-refractivity contribution >= 4 is 0 Å². The maximum Gasteiger partial charge on any atom is 0.0630 e. The second-order valence-corrected chi connectivity index (χ2v) is 8.07. The fourth-order valence-electron chi connectivity index (χ4n) is 6.11. The molecule has 3 heteroatoms. The molecule has 0 aromatic carbocycles. The van der Waals surface area contributed by atoms with Crippen LogP contribution in [-0.4, -0.2) is 35.1 Å². The minimum absolute atomic E-state index is 0.0978. The van der Waals surface area contributed by atoms with Gasteiger partial charge >= 0.3 is 0 Å². The van der Waals surface area contributed by atoms with E-state index >= 15 is 0 Å². The highest BCUT2D eigenvalue weighted by atomic mass is 16.5. The Labute approximate surface area is 121 Å². The van der Waals surface area contributed by atoms with Crippen molar-refractivity contribution in [3.63, 3.8) is 0 Å². The molecule has 3 aliphatic carbocycles. The Bertz CT molecular complexity index is 384. The SMILES string of the molecule is C[C@]12CC[C@@H]3[C@H]4CC[C@H](O)C[C@@H]4OC[C@H]3[C@@H]1CC[C@@H]2O. The normalized spacial score (nSPS) is 58.6. The Balaban J connectivity index is 1.57. The lowest BCUT2D eigenvalue weighted by Crippen LogP contribution is -2.54. The van der Waals surface area contributed by atoms with E-state index in [4.69, 9.17) is 4.74 Å². The van der Waals surface area contributed by atoms with Gasteiger partial charge in [-0.1, -0.05) is 6.92 Å². The van der Waals surface area contributed by atoms with Gasteiger partial charge in [-0.05, 0) is 74.0 Å². The van der Waals surface area contributed by atoms with E-state index in [0.717, 1.165) is 38.2 Å². The summed E-state index contributed by atoms with van der Waals surface area (Å²) in [7, 11) is 0. The maximum atomic E-state index is 10.4. The first kappa shape index (κ1) is 13.5. The molecule has 4 rings (SSSR count). The number of ether oxygens (including phenoxy) is 1. The van der Waals surface area contributed by atoms with Crippen molar-refractivity contribution in [2.75, 3.05) is 6.61 Å². The minimum Gasteiger partial charge on any atom is -0.393 e. The molecule has 3 nitrogen and oxygen atoms in total. The second-order valence-electron chi connectivity index (χ2n) is 8.07. The molecule has 1 saturated heterocycles. The van der Waals surface area contributed by atoms with Crippen LogP contribution in [0.2, 0.25) is 0 Å². The molecule has 1 heterocycles. The van der Waals surface area contributed by atoms with Gasteiger partial charge in [0.05, 0.1) is 24.9 Å². The molecule has 3 saturated carbocycles. The summed E-state index contributed by atoms with van der Waals surface area (Å²) in [5.41, 5.74) is 0.144. The molecular formula is C17H28O3. The smallest absolute Gasteiger partial charge is 0.0630 e. The highest BCUT2D eigenvalue weighted by molar-refractivity contribution is 5.06. The highest BCUT2D eigenvalue weighted by Crippen LogP contribution is 2.59. The Morgan fingerprint density at radius 1 is 0.950 bits per heavy atom. The van der Waals surface area contributed by atoms with E-state index in [0.29, 0.717) is 23.9 Å². The summed E-state index contributed by atoms with van der Waals surface area (Å²) < 4.78 is 6.17. The van der Waals surface area contributed by atoms with Crippen molar-refractivity contribution in [3.05, 3.63) is 0 Å². The van der Waals surface area contributed by atoms with Gasteiger partial charge in [-0.25, -0.2) is 0 Å². The van der Waals surface area contributed by atoms with Crippen molar-refractivity contribution in [1.29, 1.82) is 0 Å². The lowest BCUT2D eigenvalue weighted by atomic mass is 9.55. The zero-order valence-corrected chi connectivity index (χ0v) is 12.5. The molecular weight excluding hydrogens is 252 g/mol. The van der Waals surface area contributed by atoms with E-state index in [2.05, 4.69) is 6.92 Å². The largest absolute Gasteiger partial charge is 0.393 e. The van der Waals surface area contributed by atoms with Gasteiger partial charge in [-0.2, -0.15) is 0 Å². The number of fused-ring (bicyclic) bond motifs is 5. The van der Waals surface area contributed by atoms with Gasteiger partial charge in [0.15, 0.2) is 0 Å². The van der Waals surface area contributed by atoms with Crippen LogP contribution < -0.4 is 0 Å². The van der Waals surface area contributed by atoms with Crippen LogP contribution in [0.3, 0.4) is 0 Å². The Hall–Kier alpha value is -0.120. The Morgan fingerprint density at radius 3 is 2.65 bits per heavy atom. The first-order valence-electron chi connectivity index (χ1n) is 8.57. The van der Waals surface area contributed by atoms with Gasteiger partial charge in [0.1, 0.15) is 0 Å². The number of aliphatic hydroxyl groups is 2. The average molecular weight is 280 g/mol. The third kappa shape index (κ3) is 1.82. The molecule has 4 aliphatic rings. The van der Waals surface area contributed by atoms with Gasteiger partial charge in [-0.15, -0.1) is 0 Å². The van der Waals surface area contributed by atoms with Crippen LogP contribution >= 0.6 is 0 Å². The van der Waals surface area contributed by atoms with E-state index in [1.807, 2.05) is 0 Å². The third-order valence-electron chi connectivity index (χ3n) is 7.31. The third-order valence-corrected chi connectivity index (χ3v) is 7.31. The van der Waals surface area contributed by atoms with Crippen LogP contribution in [0.4, 0.5) is 0 Å². The maximum absolute atomic E-state index is 10.4. The molecule has 0 spiro atoms. The van der Waals surface area contributed by atoms with Crippen molar-refractivity contribution in [1.82, 2.24) is 0 Å². The van der Waals surface area contributed by atoms with Crippen molar-refractivity contribution < 1.29 is 14.9 Å². The predicted molar refractivity (Wildman–Crippen MR) is 76.1 cm³/mol. The summed E-state index contributed by atoms with van der Waals surface area (Å²) in [6.07, 6.45) is 7.61. The van der Waals surface area contributed by atoms with E-state index in [1.54, 1.807) is 0 Å². The lowest BCUT2D eigenvalue weighted by molar-refractivity contribution is -0.172. The number of rotatable bonds is 0. The average Bonchev–Trinajstić information content (AvgIpc) is 2.74. The number of hydrogen-bond donors (Lipinski definition) is 2. The summed E-state index contributed by atoms with van der Waals surface area (Å²) >= 11 is 0.